The van der Waals surface area contributed by atoms with Crippen molar-refractivity contribution in [2.75, 3.05) is 19.0 Å². The summed E-state index contributed by atoms with van der Waals surface area (Å²) < 4.78 is 48.4. The Morgan fingerprint density at radius 3 is 2.21 bits per heavy atom. The number of rotatable bonds is 5. The Labute approximate surface area is 162 Å². The van der Waals surface area contributed by atoms with Crippen molar-refractivity contribution in [3.05, 3.63) is 64.2 Å². The fourth-order valence-corrected chi connectivity index (χ4v) is 2.38. The molecule has 2 aromatic rings. The zero-order valence-electron chi connectivity index (χ0n) is 14.3. The van der Waals surface area contributed by atoms with E-state index in [1.54, 1.807) is 0 Å². The van der Waals surface area contributed by atoms with Gasteiger partial charge in [-0.1, -0.05) is 23.7 Å². The molecule has 0 aliphatic rings. The number of hydrogen-bond acceptors (Lipinski definition) is 5. The van der Waals surface area contributed by atoms with Crippen molar-refractivity contribution in [2.45, 2.75) is 6.18 Å². The van der Waals surface area contributed by atoms with Crippen LogP contribution in [0.1, 0.15) is 26.3 Å². The van der Waals surface area contributed by atoms with Crippen LogP contribution in [-0.2, 0) is 20.4 Å². The summed E-state index contributed by atoms with van der Waals surface area (Å²) in [5, 5.41) is 1.86. The molecule has 6 nitrogen and oxygen atoms in total. The van der Waals surface area contributed by atoms with E-state index in [2.05, 4.69) is 4.74 Å². The SMILES string of the molecule is COC(=O)c1ccccc1C(=O)OCC(=O)Nc1ccc(Cl)cc1C(F)(F)F. The van der Waals surface area contributed by atoms with Crippen molar-refractivity contribution in [2.24, 2.45) is 0 Å². The quantitative estimate of drug-likeness (QED) is 0.748. The topological polar surface area (TPSA) is 81.7 Å². The van der Waals surface area contributed by atoms with E-state index < -0.39 is 41.9 Å². The van der Waals surface area contributed by atoms with Gasteiger partial charge in [0.25, 0.3) is 5.91 Å². The molecule has 0 saturated carbocycles. The van der Waals surface area contributed by atoms with Crippen molar-refractivity contribution in [1.82, 2.24) is 0 Å². The highest BCUT2D eigenvalue weighted by Gasteiger charge is 2.34. The van der Waals surface area contributed by atoms with Gasteiger partial charge in [0.15, 0.2) is 6.61 Å². The summed E-state index contributed by atoms with van der Waals surface area (Å²) in [6, 6.07) is 8.39. The lowest BCUT2D eigenvalue weighted by molar-refractivity contribution is -0.137. The molecular formula is C18H13ClF3NO5. The summed E-state index contributed by atoms with van der Waals surface area (Å²) in [4.78, 5) is 35.7. The second kappa shape index (κ2) is 8.75. The molecule has 0 aliphatic heterocycles. The third kappa shape index (κ3) is 5.23. The van der Waals surface area contributed by atoms with Crippen LogP contribution in [0.2, 0.25) is 5.02 Å². The predicted molar refractivity (Wildman–Crippen MR) is 93.1 cm³/mol. The number of carbonyl (C=O) groups is 3. The Hall–Kier alpha value is -3.07. The van der Waals surface area contributed by atoms with Crippen LogP contribution in [0, 0.1) is 0 Å². The van der Waals surface area contributed by atoms with Crippen LogP contribution in [0.5, 0.6) is 0 Å². The molecule has 10 heteroatoms. The van der Waals surface area contributed by atoms with E-state index in [4.69, 9.17) is 16.3 Å². The zero-order valence-corrected chi connectivity index (χ0v) is 15.1. The lowest BCUT2D eigenvalue weighted by atomic mass is 10.1. The minimum absolute atomic E-state index is 0.0764. The number of carbonyl (C=O) groups excluding carboxylic acids is 3. The summed E-state index contributed by atoms with van der Waals surface area (Å²) in [5.41, 5.74) is -1.90. The molecule has 0 unspecified atom stereocenters. The van der Waals surface area contributed by atoms with Crippen molar-refractivity contribution in [3.63, 3.8) is 0 Å². The third-order valence-electron chi connectivity index (χ3n) is 3.45. The number of halogens is 4. The first-order valence-corrected chi connectivity index (χ1v) is 8.02. The van der Waals surface area contributed by atoms with Crippen molar-refractivity contribution in [3.8, 4) is 0 Å². The first kappa shape index (κ1) is 21.2. The maximum atomic E-state index is 13.0. The van der Waals surface area contributed by atoms with E-state index in [0.29, 0.717) is 6.07 Å². The lowest BCUT2D eigenvalue weighted by Gasteiger charge is -2.14. The summed E-state index contributed by atoms with van der Waals surface area (Å²) in [6.45, 7) is -0.867. The van der Waals surface area contributed by atoms with Crippen LogP contribution in [-0.4, -0.2) is 31.6 Å². The maximum Gasteiger partial charge on any atom is 0.418 e. The number of hydrogen-bond donors (Lipinski definition) is 1. The number of methoxy groups -OCH3 is 1. The largest absolute Gasteiger partial charge is 0.465 e. The molecule has 2 aromatic carbocycles. The summed E-state index contributed by atoms with van der Waals surface area (Å²) >= 11 is 5.56. The van der Waals surface area contributed by atoms with Gasteiger partial charge in [-0.3, -0.25) is 4.79 Å². The molecule has 0 aromatic heterocycles. The van der Waals surface area contributed by atoms with Crippen LogP contribution in [0.15, 0.2) is 42.5 Å². The molecule has 0 fully saturated rings. The van der Waals surface area contributed by atoms with Crippen molar-refractivity contribution >= 4 is 35.1 Å². The highest BCUT2D eigenvalue weighted by molar-refractivity contribution is 6.30. The minimum atomic E-state index is -4.75. The van der Waals surface area contributed by atoms with Gasteiger partial charge in [-0.2, -0.15) is 13.2 Å². The van der Waals surface area contributed by atoms with Gasteiger partial charge in [0.1, 0.15) is 0 Å². The summed E-state index contributed by atoms with van der Waals surface area (Å²) in [5.74, 6) is -2.80. The molecule has 1 amide bonds. The molecule has 28 heavy (non-hydrogen) atoms. The number of nitrogens with one attached hydrogen (secondary N) is 1. The summed E-state index contributed by atoms with van der Waals surface area (Å²) in [6.07, 6.45) is -4.75. The van der Waals surface area contributed by atoms with Gasteiger partial charge >= 0.3 is 18.1 Å². The van der Waals surface area contributed by atoms with Crippen LogP contribution in [0.4, 0.5) is 18.9 Å². The number of benzene rings is 2. The summed E-state index contributed by atoms with van der Waals surface area (Å²) in [7, 11) is 1.13. The normalized spacial score (nSPS) is 10.9. The van der Waals surface area contributed by atoms with E-state index in [0.717, 1.165) is 13.2 Å². The Balaban J connectivity index is 2.08. The molecule has 0 heterocycles. The number of amides is 1. The second-order valence-corrected chi connectivity index (χ2v) is 5.79. The Morgan fingerprint density at radius 2 is 1.64 bits per heavy atom. The molecule has 1 N–H and O–H groups in total. The van der Waals surface area contributed by atoms with Crippen LogP contribution >= 0.6 is 11.6 Å². The molecule has 0 saturated heterocycles. The predicted octanol–water partition coefficient (Wildman–Crippen LogP) is 3.94. The molecule has 148 valence electrons. The van der Waals surface area contributed by atoms with Crippen LogP contribution < -0.4 is 5.32 Å². The lowest BCUT2D eigenvalue weighted by Crippen LogP contribution is -2.23. The molecule has 0 aliphatic carbocycles. The van der Waals surface area contributed by atoms with Crippen LogP contribution in [0.25, 0.3) is 0 Å². The van der Waals surface area contributed by atoms with Gasteiger partial charge in [-0.25, -0.2) is 9.59 Å². The Bertz CT molecular complexity index is 914. The zero-order chi connectivity index (χ0) is 20.9. The Morgan fingerprint density at radius 1 is 1.04 bits per heavy atom. The number of alkyl halides is 3. The number of anilines is 1. The monoisotopic (exact) mass is 415 g/mol. The van der Waals surface area contributed by atoms with Gasteiger partial charge in [0, 0.05) is 5.02 Å². The van der Waals surface area contributed by atoms with Gasteiger partial charge in [0.2, 0.25) is 0 Å². The fraction of sp³-hybridized carbons (Fsp3) is 0.167. The number of ether oxygens (including phenoxy) is 2. The van der Waals surface area contributed by atoms with E-state index in [1.807, 2.05) is 5.32 Å². The van der Waals surface area contributed by atoms with E-state index >= 15 is 0 Å². The van der Waals surface area contributed by atoms with Crippen molar-refractivity contribution in [1.29, 1.82) is 0 Å². The van der Waals surface area contributed by atoms with Gasteiger partial charge in [0.05, 0.1) is 29.5 Å². The molecule has 0 atom stereocenters. The smallest absolute Gasteiger partial charge is 0.418 e. The number of esters is 2. The highest BCUT2D eigenvalue weighted by Crippen LogP contribution is 2.36. The van der Waals surface area contributed by atoms with Gasteiger partial charge < -0.3 is 14.8 Å². The molecule has 0 spiro atoms. The molecule has 2 rings (SSSR count). The third-order valence-corrected chi connectivity index (χ3v) is 3.68. The highest BCUT2D eigenvalue weighted by atomic mass is 35.5. The average Bonchev–Trinajstić information content (AvgIpc) is 2.66. The van der Waals surface area contributed by atoms with Gasteiger partial charge in [-0.05, 0) is 30.3 Å². The first-order chi connectivity index (χ1) is 13.1. The van der Waals surface area contributed by atoms with Gasteiger partial charge in [-0.15, -0.1) is 0 Å². The van der Waals surface area contributed by atoms with Crippen LogP contribution in [0.3, 0.4) is 0 Å². The minimum Gasteiger partial charge on any atom is -0.465 e. The molecule has 0 bridgehead atoms. The molecule has 0 radical (unpaired) electrons. The Kier molecular flexibility index (Phi) is 6.63. The maximum absolute atomic E-state index is 13.0. The van der Waals surface area contributed by atoms with E-state index in [-0.39, 0.29) is 16.1 Å². The fourth-order valence-electron chi connectivity index (χ4n) is 2.20. The van der Waals surface area contributed by atoms with Crippen molar-refractivity contribution < 1.29 is 37.0 Å². The molecular weight excluding hydrogens is 403 g/mol. The van der Waals surface area contributed by atoms with E-state index in [1.165, 1.54) is 30.3 Å². The second-order valence-electron chi connectivity index (χ2n) is 5.35. The van der Waals surface area contributed by atoms with E-state index in [9.17, 15) is 27.6 Å². The first-order valence-electron chi connectivity index (χ1n) is 7.64. The standard InChI is InChI=1S/C18H13ClF3NO5/c1-27-16(25)11-4-2-3-5-12(11)17(26)28-9-15(24)23-14-7-6-10(19)8-13(14)18(20,21)22/h2-8H,9H2,1H3,(H,23,24). The average molecular weight is 416 g/mol.